The molecule has 0 aromatic heterocycles. The van der Waals surface area contributed by atoms with E-state index in [0.717, 1.165) is 23.7 Å². The molecule has 2 bridgehead atoms. The van der Waals surface area contributed by atoms with Crippen molar-refractivity contribution in [3.05, 3.63) is 24.3 Å². The Hall–Kier alpha value is 1.05. The van der Waals surface area contributed by atoms with Crippen LogP contribution in [0.4, 0.5) is 0 Å². The third-order valence-corrected chi connectivity index (χ3v) is 3.46. The van der Waals surface area contributed by atoms with Crippen molar-refractivity contribution in [2.75, 3.05) is 0 Å². The fourth-order valence-electron chi connectivity index (χ4n) is 2.97. The normalized spacial score (nSPS) is 49.5. The van der Waals surface area contributed by atoms with E-state index < -0.39 is 0 Å². The summed E-state index contributed by atoms with van der Waals surface area (Å²) in [4.78, 5) is 0. The van der Waals surface area contributed by atoms with Crippen molar-refractivity contribution in [1.82, 2.24) is 0 Å². The summed E-state index contributed by atoms with van der Waals surface area (Å²) in [6.45, 7) is 0. The van der Waals surface area contributed by atoms with Gasteiger partial charge in [-0.1, -0.05) is 24.3 Å². The minimum atomic E-state index is 0. The van der Waals surface area contributed by atoms with Crippen molar-refractivity contribution < 1.29 is 0 Å². The van der Waals surface area contributed by atoms with Gasteiger partial charge < -0.3 is 0 Å². The molecule has 4 unspecified atom stereocenters. The van der Waals surface area contributed by atoms with Gasteiger partial charge in [0.2, 0.25) is 0 Å². The molecule has 3 aliphatic rings. The van der Waals surface area contributed by atoms with Crippen LogP contribution in [0.15, 0.2) is 24.3 Å². The van der Waals surface area contributed by atoms with E-state index in [9.17, 15) is 0 Å². The summed E-state index contributed by atoms with van der Waals surface area (Å²) in [7, 11) is 0. The van der Waals surface area contributed by atoms with Gasteiger partial charge in [0.1, 0.15) is 0 Å². The van der Waals surface area contributed by atoms with E-state index in [0.29, 0.717) is 0 Å². The van der Waals surface area contributed by atoms with Crippen molar-refractivity contribution in [3.63, 3.8) is 0 Å². The van der Waals surface area contributed by atoms with Crippen LogP contribution in [-0.4, -0.2) is 48.9 Å². The topological polar surface area (TPSA) is 0 Å². The molecular formula is C10H12Ba+2. The first kappa shape index (κ1) is 8.64. The van der Waals surface area contributed by atoms with Gasteiger partial charge in [-0.3, -0.25) is 0 Å². The average Bonchev–Trinajstić information content (AvgIpc) is 2.60. The maximum Gasteiger partial charge on any atom is 2.00 e. The Morgan fingerprint density at radius 1 is 1.00 bits per heavy atom. The van der Waals surface area contributed by atoms with E-state index in [1.54, 1.807) is 0 Å². The zero-order valence-electron chi connectivity index (χ0n) is 6.74. The zero-order valence-corrected chi connectivity index (χ0v) is 11.2. The number of rotatable bonds is 0. The van der Waals surface area contributed by atoms with Crippen LogP contribution in [-0.2, 0) is 0 Å². The van der Waals surface area contributed by atoms with Crippen LogP contribution in [0.25, 0.3) is 0 Å². The summed E-state index contributed by atoms with van der Waals surface area (Å²) in [5, 5.41) is 0. The van der Waals surface area contributed by atoms with Crippen LogP contribution in [0.1, 0.15) is 12.8 Å². The summed E-state index contributed by atoms with van der Waals surface area (Å²) in [5.41, 5.74) is 0. The van der Waals surface area contributed by atoms with Crippen LogP contribution in [0.5, 0.6) is 0 Å². The molecule has 0 aromatic carbocycles. The third-order valence-electron chi connectivity index (χ3n) is 3.46. The van der Waals surface area contributed by atoms with Gasteiger partial charge in [-0.05, 0) is 36.5 Å². The zero-order chi connectivity index (χ0) is 6.55. The molecule has 0 aliphatic heterocycles. The molecule has 52 valence electrons. The van der Waals surface area contributed by atoms with Crippen molar-refractivity contribution in [2.24, 2.45) is 23.7 Å². The second kappa shape index (κ2) is 3.08. The molecule has 1 saturated carbocycles. The average molecular weight is 270 g/mol. The van der Waals surface area contributed by atoms with Gasteiger partial charge in [-0.2, -0.15) is 0 Å². The second-order valence-electron chi connectivity index (χ2n) is 3.85. The molecule has 3 rings (SSSR count). The Kier molecular flexibility index (Phi) is 2.42. The standard InChI is InChI=1S/C10H12.Ba/c1-2-9-7-4-5-8(6-7)10(9)3-1;/h1-2,4-5,7-10H,3,6H2;/q;+2. The van der Waals surface area contributed by atoms with Crippen LogP contribution in [0, 0.1) is 23.7 Å². The maximum atomic E-state index is 2.44. The molecule has 3 aliphatic carbocycles. The van der Waals surface area contributed by atoms with Gasteiger partial charge in [0.15, 0.2) is 0 Å². The first-order chi connectivity index (χ1) is 4.95. The van der Waals surface area contributed by atoms with E-state index in [-0.39, 0.29) is 48.9 Å². The Bertz CT molecular complexity index is 217. The third kappa shape index (κ3) is 1.15. The van der Waals surface area contributed by atoms with Gasteiger partial charge in [0.25, 0.3) is 0 Å². The molecule has 1 fully saturated rings. The molecule has 11 heavy (non-hydrogen) atoms. The maximum absolute atomic E-state index is 2.44. The molecule has 1 heteroatoms. The predicted octanol–water partition coefficient (Wildman–Crippen LogP) is 2.00. The Morgan fingerprint density at radius 2 is 1.82 bits per heavy atom. The van der Waals surface area contributed by atoms with Crippen LogP contribution in [0.3, 0.4) is 0 Å². The Balaban J connectivity index is 0.000000480. The van der Waals surface area contributed by atoms with Crippen molar-refractivity contribution in [3.8, 4) is 0 Å². The first-order valence-electron chi connectivity index (χ1n) is 4.30. The summed E-state index contributed by atoms with van der Waals surface area (Å²) in [5.74, 6) is 3.82. The number of fused-ring (bicyclic) bond motifs is 5. The van der Waals surface area contributed by atoms with Gasteiger partial charge in [-0.25, -0.2) is 0 Å². The minimum Gasteiger partial charge on any atom is -0.0879 e. The molecule has 0 spiro atoms. The summed E-state index contributed by atoms with van der Waals surface area (Å²) in [6.07, 6.45) is 12.5. The number of hydrogen-bond acceptors (Lipinski definition) is 0. The van der Waals surface area contributed by atoms with Crippen LogP contribution in [0.2, 0.25) is 0 Å². The predicted molar refractivity (Wildman–Crippen MR) is 47.2 cm³/mol. The first-order valence-corrected chi connectivity index (χ1v) is 4.30. The molecule has 0 nitrogen and oxygen atoms in total. The van der Waals surface area contributed by atoms with E-state index in [4.69, 9.17) is 0 Å². The van der Waals surface area contributed by atoms with Crippen molar-refractivity contribution in [1.29, 1.82) is 0 Å². The number of hydrogen-bond donors (Lipinski definition) is 0. The van der Waals surface area contributed by atoms with E-state index >= 15 is 0 Å². The fourth-order valence-corrected chi connectivity index (χ4v) is 2.97. The molecule has 0 radical (unpaired) electrons. The Labute approximate surface area is 108 Å². The van der Waals surface area contributed by atoms with Crippen molar-refractivity contribution in [2.45, 2.75) is 12.8 Å². The molecule has 4 atom stereocenters. The van der Waals surface area contributed by atoms with Gasteiger partial charge in [-0.15, -0.1) is 0 Å². The summed E-state index contributed by atoms with van der Waals surface area (Å²) in [6, 6.07) is 0. The second-order valence-corrected chi connectivity index (χ2v) is 3.85. The van der Waals surface area contributed by atoms with E-state index in [1.165, 1.54) is 12.8 Å². The fraction of sp³-hybridized carbons (Fsp3) is 0.600. The molecule has 0 N–H and O–H groups in total. The van der Waals surface area contributed by atoms with Crippen molar-refractivity contribution >= 4 is 48.9 Å². The molecule has 0 aromatic rings. The van der Waals surface area contributed by atoms with Gasteiger partial charge >= 0.3 is 48.9 Å². The quantitative estimate of drug-likeness (QED) is 0.466. The number of allylic oxidation sites excluding steroid dienone is 4. The summed E-state index contributed by atoms with van der Waals surface area (Å²) < 4.78 is 0. The molecule has 0 amide bonds. The van der Waals surface area contributed by atoms with Gasteiger partial charge in [0, 0.05) is 0 Å². The Morgan fingerprint density at radius 3 is 2.64 bits per heavy atom. The molecule has 0 heterocycles. The monoisotopic (exact) mass is 270 g/mol. The van der Waals surface area contributed by atoms with E-state index in [1.807, 2.05) is 0 Å². The van der Waals surface area contributed by atoms with E-state index in [2.05, 4.69) is 24.3 Å². The molecular weight excluding hydrogens is 257 g/mol. The minimum absolute atomic E-state index is 0. The van der Waals surface area contributed by atoms with Crippen LogP contribution < -0.4 is 0 Å². The molecule has 0 saturated heterocycles. The summed E-state index contributed by atoms with van der Waals surface area (Å²) >= 11 is 0. The smallest absolute Gasteiger partial charge is 0.0879 e. The largest absolute Gasteiger partial charge is 2.00 e. The van der Waals surface area contributed by atoms with Crippen LogP contribution >= 0.6 is 0 Å². The van der Waals surface area contributed by atoms with Gasteiger partial charge in [0.05, 0.1) is 0 Å². The SMILES string of the molecule is C1=CC2C3C=CC(C3)C2C1.[Ba+2].